The topological polar surface area (TPSA) is 98.8 Å². The minimum Gasteiger partial charge on any atom is -0.473 e. The summed E-state index contributed by atoms with van der Waals surface area (Å²) in [7, 11) is 0. The molecule has 3 heterocycles. The molecule has 0 spiro atoms. The van der Waals surface area contributed by atoms with E-state index in [2.05, 4.69) is 35.2 Å². The number of ether oxygens (including phenoxy) is 1. The van der Waals surface area contributed by atoms with Crippen LogP contribution >= 0.6 is 0 Å². The van der Waals surface area contributed by atoms with Crippen LogP contribution in [0.15, 0.2) is 85.1 Å². The lowest BCUT2D eigenvalue weighted by atomic mass is 10.0. The van der Waals surface area contributed by atoms with Gasteiger partial charge in [-0.2, -0.15) is 0 Å². The van der Waals surface area contributed by atoms with E-state index in [0.29, 0.717) is 36.3 Å². The zero-order chi connectivity index (χ0) is 24.9. The Kier molecular flexibility index (Phi) is 6.71. The van der Waals surface area contributed by atoms with E-state index >= 15 is 0 Å². The fourth-order valence-electron chi connectivity index (χ4n) is 3.96. The largest absolute Gasteiger partial charge is 0.473 e. The predicted octanol–water partition coefficient (Wildman–Crippen LogP) is 5.95. The average Bonchev–Trinajstić information content (AvgIpc) is 2.92. The van der Waals surface area contributed by atoms with Crippen LogP contribution in [-0.2, 0) is 0 Å². The van der Waals surface area contributed by atoms with E-state index < -0.39 is 0 Å². The van der Waals surface area contributed by atoms with Crippen molar-refractivity contribution in [2.45, 2.75) is 19.8 Å². The van der Waals surface area contributed by atoms with E-state index in [1.807, 2.05) is 72.8 Å². The number of hydrogen-bond donors (Lipinski definition) is 2. The maximum absolute atomic E-state index is 6.30. The number of nitrogen functional groups attached to an aromatic ring is 1. The van der Waals surface area contributed by atoms with Gasteiger partial charge in [0.25, 0.3) is 5.88 Å². The van der Waals surface area contributed by atoms with Gasteiger partial charge in [0.05, 0.1) is 17.8 Å². The number of rotatable bonds is 8. The fourth-order valence-corrected chi connectivity index (χ4v) is 3.96. The Morgan fingerprint density at radius 2 is 1.67 bits per heavy atom. The van der Waals surface area contributed by atoms with Crippen LogP contribution in [-0.4, -0.2) is 33.1 Å². The molecular weight excluding hydrogens is 448 g/mol. The first-order valence-corrected chi connectivity index (χ1v) is 12.0. The summed E-state index contributed by atoms with van der Waals surface area (Å²) in [6, 6.07) is 25.9. The van der Waals surface area contributed by atoms with Crippen LogP contribution in [0.4, 0.5) is 11.6 Å². The van der Waals surface area contributed by atoms with E-state index in [9.17, 15) is 0 Å². The Balaban J connectivity index is 1.42. The van der Waals surface area contributed by atoms with Crippen molar-refractivity contribution in [1.29, 1.82) is 0 Å². The van der Waals surface area contributed by atoms with Crippen molar-refractivity contribution in [3.63, 3.8) is 0 Å². The molecule has 0 saturated carbocycles. The Hall–Kier alpha value is -4.52. The van der Waals surface area contributed by atoms with Crippen LogP contribution < -0.4 is 15.8 Å². The van der Waals surface area contributed by atoms with Gasteiger partial charge in [0.1, 0.15) is 18.1 Å². The predicted molar refractivity (Wildman–Crippen MR) is 145 cm³/mol. The lowest BCUT2D eigenvalue weighted by molar-refractivity contribution is 0.321. The van der Waals surface area contributed by atoms with Gasteiger partial charge < -0.3 is 15.8 Å². The zero-order valence-corrected chi connectivity index (χ0v) is 20.3. The van der Waals surface area contributed by atoms with Crippen molar-refractivity contribution in [1.82, 2.24) is 19.9 Å². The highest BCUT2D eigenvalue weighted by Gasteiger charge is 2.17. The summed E-state index contributed by atoms with van der Waals surface area (Å²) in [5.41, 5.74) is 11.5. The molecule has 180 valence electrons. The van der Waals surface area contributed by atoms with Gasteiger partial charge >= 0.3 is 0 Å². The normalized spacial score (nSPS) is 11.1. The molecule has 3 aromatic heterocycles. The monoisotopic (exact) mass is 476 g/mol. The Bertz CT molecular complexity index is 1490. The first-order chi connectivity index (χ1) is 17.6. The molecule has 0 radical (unpaired) electrons. The highest BCUT2D eigenvalue weighted by molar-refractivity contribution is 5.87. The number of hydrogen-bond acceptors (Lipinski definition) is 7. The first kappa shape index (κ1) is 23.2. The van der Waals surface area contributed by atoms with Gasteiger partial charge in [0.15, 0.2) is 5.82 Å². The molecule has 0 aliphatic rings. The van der Waals surface area contributed by atoms with Gasteiger partial charge in [0.2, 0.25) is 0 Å². The Labute approximate surface area is 210 Å². The number of nitrogens with two attached hydrogens (primary N) is 1. The molecule has 5 aromatic rings. The Morgan fingerprint density at radius 1 is 0.833 bits per heavy atom. The maximum Gasteiger partial charge on any atom is 0.257 e. The molecule has 36 heavy (non-hydrogen) atoms. The number of nitrogens with one attached hydrogen (secondary N) is 1. The first-order valence-electron chi connectivity index (χ1n) is 12.0. The van der Waals surface area contributed by atoms with Crippen molar-refractivity contribution in [2.24, 2.45) is 0 Å². The number of benzene rings is 2. The lowest BCUT2D eigenvalue weighted by Gasteiger charge is -2.14. The molecule has 0 amide bonds. The quantitative estimate of drug-likeness (QED) is 0.267. The van der Waals surface area contributed by atoms with E-state index in [0.717, 1.165) is 33.5 Å². The van der Waals surface area contributed by atoms with Crippen LogP contribution in [0.5, 0.6) is 5.88 Å². The molecular formula is C29H28N6O. The van der Waals surface area contributed by atoms with Crippen molar-refractivity contribution in [2.75, 3.05) is 24.2 Å². The highest BCUT2D eigenvalue weighted by Crippen LogP contribution is 2.34. The van der Waals surface area contributed by atoms with Crippen LogP contribution in [0.1, 0.15) is 25.5 Å². The minimum atomic E-state index is 0.250. The van der Waals surface area contributed by atoms with E-state index in [4.69, 9.17) is 20.4 Å². The van der Waals surface area contributed by atoms with Crippen molar-refractivity contribution < 1.29 is 4.74 Å². The molecule has 0 atom stereocenters. The molecule has 0 aliphatic heterocycles. The molecule has 0 fully saturated rings. The van der Waals surface area contributed by atoms with E-state index in [1.54, 1.807) is 6.20 Å². The van der Waals surface area contributed by atoms with Gasteiger partial charge in [-0.15, -0.1) is 0 Å². The molecule has 2 aromatic carbocycles. The molecule has 0 unspecified atom stereocenters. The lowest BCUT2D eigenvalue weighted by Crippen LogP contribution is -2.15. The average molecular weight is 477 g/mol. The second-order valence-electron chi connectivity index (χ2n) is 8.77. The summed E-state index contributed by atoms with van der Waals surface area (Å²) in [5, 5.41) is 4.32. The van der Waals surface area contributed by atoms with Gasteiger partial charge in [-0.25, -0.2) is 15.0 Å². The van der Waals surface area contributed by atoms with Gasteiger partial charge in [-0.05, 0) is 36.2 Å². The summed E-state index contributed by atoms with van der Waals surface area (Å²) in [6.45, 7) is 5.16. The minimum absolute atomic E-state index is 0.250. The number of nitrogens with zero attached hydrogens (tertiary/aromatic N) is 4. The summed E-state index contributed by atoms with van der Waals surface area (Å²) >= 11 is 0. The summed E-state index contributed by atoms with van der Waals surface area (Å²) in [6.07, 6.45) is 1.79. The van der Waals surface area contributed by atoms with Crippen molar-refractivity contribution >= 4 is 22.5 Å². The second-order valence-corrected chi connectivity index (χ2v) is 8.77. The molecule has 7 heteroatoms. The van der Waals surface area contributed by atoms with Crippen molar-refractivity contribution in [3.05, 3.63) is 90.8 Å². The van der Waals surface area contributed by atoms with Crippen LogP contribution in [0, 0.1) is 0 Å². The molecule has 0 bridgehead atoms. The standard InChI is InChI=1S/C29H28N6O/c1-19(2)23-11-6-12-25(33-23)32-16-17-36-29-28(30)34-26(20-8-4-3-5-9-20)27(35-29)22-13-14-24-21(18-22)10-7-15-31-24/h3-15,18-19H,16-17H2,1-2H3,(H2,30,34)(H,32,33). The van der Waals surface area contributed by atoms with Gasteiger partial charge in [-0.1, -0.05) is 62.4 Å². The molecule has 7 nitrogen and oxygen atoms in total. The number of pyridine rings is 2. The van der Waals surface area contributed by atoms with E-state index in [1.165, 1.54) is 0 Å². The molecule has 0 aliphatic carbocycles. The number of fused-ring (bicyclic) bond motifs is 1. The van der Waals surface area contributed by atoms with Gasteiger partial charge in [0, 0.05) is 28.4 Å². The van der Waals surface area contributed by atoms with Crippen molar-refractivity contribution in [3.8, 4) is 28.4 Å². The highest BCUT2D eigenvalue weighted by atomic mass is 16.5. The third kappa shape index (κ3) is 5.10. The SMILES string of the molecule is CC(C)c1cccc(NCCOc2nc(-c3ccc4ncccc4c3)c(-c3ccccc3)nc2N)n1. The van der Waals surface area contributed by atoms with Crippen LogP contribution in [0.2, 0.25) is 0 Å². The molecule has 5 rings (SSSR count). The Morgan fingerprint density at radius 3 is 2.50 bits per heavy atom. The smallest absolute Gasteiger partial charge is 0.257 e. The molecule has 0 saturated heterocycles. The van der Waals surface area contributed by atoms with E-state index in [-0.39, 0.29) is 5.82 Å². The summed E-state index contributed by atoms with van der Waals surface area (Å²) in [5.74, 6) is 1.74. The molecule has 3 N–H and O–H groups in total. The summed E-state index contributed by atoms with van der Waals surface area (Å²) in [4.78, 5) is 18.6. The summed E-state index contributed by atoms with van der Waals surface area (Å²) < 4.78 is 5.98. The second kappa shape index (κ2) is 10.4. The van der Waals surface area contributed by atoms with Crippen LogP contribution in [0.25, 0.3) is 33.4 Å². The van der Waals surface area contributed by atoms with Crippen LogP contribution in [0.3, 0.4) is 0 Å². The van der Waals surface area contributed by atoms with Gasteiger partial charge in [-0.3, -0.25) is 4.98 Å². The third-order valence-electron chi connectivity index (χ3n) is 5.82. The number of anilines is 2. The fraction of sp³-hybridized carbons (Fsp3) is 0.172. The zero-order valence-electron chi connectivity index (χ0n) is 20.3. The number of aromatic nitrogens is 4. The third-order valence-corrected chi connectivity index (χ3v) is 5.82. The maximum atomic E-state index is 6.30.